The van der Waals surface area contributed by atoms with Crippen LogP contribution >= 0.6 is 0 Å². The smallest absolute Gasteiger partial charge is 0.0316 e. The van der Waals surface area contributed by atoms with Gasteiger partial charge in [-0.3, -0.25) is 0 Å². The quantitative estimate of drug-likeness (QED) is 0.671. The van der Waals surface area contributed by atoms with Crippen LogP contribution in [-0.4, -0.2) is 19.0 Å². The van der Waals surface area contributed by atoms with Gasteiger partial charge in [-0.1, -0.05) is 23.8 Å². The van der Waals surface area contributed by atoms with E-state index in [9.17, 15) is 0 Å². The molecule has 0 bridgehead atoms. The van der Waals surface area contributed by atoms with Crippen LogP contribution in [0, 0.1) is 13.8 Å². The summed E-state index contributed by atoms with van der Waals surface area (Å²) in [4.78, 5) is 2.24. The summed E-state index contributed by atoms with van der Waals surface area (Å²) < 4.78 is 0. The van der Waals surface area contributed by atoms with Gasteiger partial charge in [0.1, 0.15) is 0 Å². The Morgan fingerprint density at radius 3 is 2.31 bits per heavy atom. The Morgan fingerprint density at radius 1 is 1.15 bits per heavy atom. The van der Waals surface area contributed by atoms with Gasteiger partial charge in [-0.05, 0) is 46.0 Å². The molecule has 1 rings (SSSR count). The second-order valence-electron chi connectivity index (χ2n) is 4.00. The molecule has 0 N–H and O–H groups in total. The topological polar surface area (TPSA) is 3.24 Å². The van der Waals surface area contributed by atoms with E-state index in [0.717, 1.165) is 0 Å². The molecule has 1 heteroatoms. The van der Waals surface area contributed by atoms with Crippen molar-refractivity contribution < 1.29 is 0 Å². The van der Waals surface area contributed by atoms with Gasteiger partial charge >= 0.3 is 0 Å². The molecule has 0 heterocycles. The van der Waals surface area contributed by atoms with E-state index >= 15 is 0 Å². The Kier molecular flexibility index (Phi) is 3.10. The third-order valence-electron chi connectivity index (χ3n) is 2.66. The zero-order valence-corrected chi connectivity index (χ0v) is 9.26. The van der Waals surface area contributed by atoms with Gasteiger partial charge in [0.15, 0.2) is 0 Å². The molecule has 0 fully saturated rings. The first-order chi connectivity index (χ1) is 6.02. The number of benzene rings is 1. The molecule has 1 atom stereocenters. The third-order valence-corrected chi connectivity index (χ3v) is 2.66. The van der Waals surface area contributed by atoms with E-state index in [1.54, 1.807) is 0 Å². The molecule has 0 spiro atoms. The monoisotopic (exact) mass is 177 g/mol. The standard InChI is InChI=1S/C12H19N/c1-9-6-7-10(2)12(8-9)11(3)13(4)5/h6-8,11H,1-5H3. The van der Waals surface area contributed by atoms with Crippen LogP contribution in [0.3, 0.4) is 0 Å². The first-order valence-corrected chi connectivity index (χ1v) is 4.76. The Morgan fingerprint density at radius 2 is 1.77 bits per heavy atom. The van der Waals surface area contributed by atoms with Crippen LogP contribution in [0.15, 0.2) is 18.2 Å². The highest BCUT2D eigenvalue weighted by atomic mass is 15.1. The Bertz CT molecular complexity index is 289. The van der Waals surface area contributed by atoms with Gasteiger partial charge in [0.25, 0.3) is 0 Å². The summed E-state index contributed by atoms with van der Waals surface area (Å²) in [6.07, 6.45) is 0. The summed E-state index contributed by atoms with van der Waals surface area (Å²) in [5.41, 5.74) is 4.16. The average molecular weight is 177 g/mol. The molecule has 1 nitrogen and oxygen atoms in total. The highest BCUT2D eigenvalue weighted by Gasteiger charge is 2.09. The van der Waals surface area contributed by atoms with Gasteiger partial charge in [0.05, 0.1) is 0 Å². The molecular weight excluding hydrogens is 158 g/mol. The molecule has 1 unspecified atom stereocenters. The fourth-order valence-corrected chi connectivity index (χ4v) is 1.49. The van der Waals surface area contributed by atoms with Gasteiger partial charge in [-0.2, -0.15) is 0 Å². The van der Waals surface area contributed by atoms with Crippen molar-refractivity contribution in [3.8, 4) is 0 Å². The summed E-state index contributed by atoms with van der Waals surface area (Å²) in [6.45, 7) is 6.56. The second kappa shape index (κ2) is 3.93. The maximum atomic E-state index is 2.28. The third kappa shape index (κ3) is 2.31. The van der Waals surface area contributed by atoms with Gasteiger partial charge in [-0.25, -0.2) is 0 Å². The molecule has 0 aliphatic carbocycles. The maximum absolute atomic E-state index is 2.28. The predicted molar refractivity (Wildman–Crippen MR) is 58.0 cm³/mol. The van der Waals surface area contributed by atoms with Gasteiger partial charge < -0.3 is 4.90 Å². The van der Waals surface area contributed by atoms with Crippen LogP contribution in [-0.2, 0) is 0 Å². The SMILES string of the molecule is Cc1ccc(C)c(C(C)N(C)C)c1. The fourth-order valence-electron chi connectivity index (χ4n) is 1.49. The Balaban J connectivity index is 3.05. The van der Waals surface area contributed by atoms with Crippen molar-refractivity contribution in [1.29, 1.82) is 0 Å². The van der Waals surface area contributed by atoms with Crippen molar-refractivity contribution in [2.24, 2.45) is 0 Å². The van der Waals surface area contributed by atoms with Crippen molar-refractivity contribution in [2.45, 2.75) is 26.8 Å². The van der Waals surface area contributed by atoms with Gasteiger partial charge in [0, 0.05) is 6.04 Å². The molecule has 1 aromatic rings. The van der Waals surface area contributed by atoms with E-state index in [2.05, 4.69) is 58.0 Å². The number of hydrogen-bond donors (Lipinski definition) is 0. The number of rotatable bonds is 2. The van der Waals surface area contributed by atoms with Crippen molar-refractivity contribution in [3.63, 3.8) is 0 Å². The summed E-state index contributed by atoms with van der Waals surface area (Å²) >= 11 is 0. The molecule has 13 heavy (non-hydrogen) atoms. The van der Waals surface area contributed by atoms with E-state index in [4.69, 9.17) is 0 Å². The molecule has 1 aromatic carbocycles. The summed E-state index contributed by atoms with van der Waals surface area (Å²) in [5, 5.41) is 0. The van der Waals surface area contributed by atoms with Crippen LogP contribution in [0.25, 0.3) is 0 Å². The van der Waals surface area contributed by atoms with Crippen molar-refractivity contribution in [3.05, 3.63) is 34.9 Å². The largest absolute Gasteiger partial charge is 0.303 e. The van der Waals surface area contributed by atoms with Crippen molar-refractivity contribution in [1.82, 2.24) is 4.90 Å². The average Bonchev–Trinajstić information content (AvgIpc) is 2.08. The van der Waals surface area contributed by atoms with E-state index in [-0.39, 0.29) is 0 Å². The zero-order chi connectivity index (χ0) is 10.0. The van der Waals surface area contributed by atoms with Crippen molar-refractivity contribution >= 4 is 0 Å². The van der Waals surface area contributed by atoms with Crippen LogP contribution in [0.1, 0.15) is 29.7 Å². The minimum Gasteiger partial charge on any atom is -0.303 e. The minimum atomic E-state index is 0.500. The molecule has 72 valence electrons. The Hall–Kier alpha value is -0.820. The normalized spacial score (nSPS) is 13.4. The van der Waals surface area contributed by atoms with E-state index in [1.165, 1.54) is 16.7 Å². The maximum Gasteiger partial charge on any atom is 0.0316 e. The number of aryl methyl sites for hydroxylation is 2. The lowest BCUT2D eigenvalue weighted by atomic mass is 9.99. The zero-order valence-electron chi connectivity index (χ0n) is 9.26. The van der Waals surface area contributed by atoms with E-state index < -0.39 is 0 Å². The predicted octanol–water partition coefficient (Wildman–Crippen LogP) is 2.93. The molecule has 0 saturated carbocycles. The highest BCUT2D eigenvalue weighted by Crippen LogP contribution is 2.21. The molecular formula is C12H19N. The van der Waals surface area contributed by atoms with Crippen LogP contribution in [0.2, 0.25) is 0 Å². The minimum absolute atomic E-state index is 0.500. The molecule has 0 radical (unpaired) electrons. The van der Waals surface area contributed by atoms with Crippen molar-refractivity contribution in [2.75, 3.05) is 14.1 Å². The lowest BCUT2D eigenvalue weighted by Crippen LogP contribution is -2.17. The summed E-state index contributed by atoms with van der Waals surface area (Å²) in [5.74, 6) is 0. The first kappa shape index (κ1) is 10.3. The van der Waals surface area contributed by atoms with E-state index in [0.29, 0.717) is 6.04 Å². The lowest BCUT2D eigenvalue weighted by Gasteiger charge is -2.22. The highest BCUT2D eigenvalue weighted by molar-refractivity contribution is 5.32. The summed E-state index contributed by atoms with van der Waals surface area (Å²) in [7, 11) is 4.24. The fraction of sp³-hybridized carbons (Fsp3) is 0.500. The van der Waals surface area contributed by atoms with Crippen LogP contribution < -0.4 is 0 Å². The molecule has 0 aliphatic heterocycles. The molecule has 0 saturated heterocycles. The van der Waals surface area contributed by atoms with Crippen LogP contribution in [0.4, 0.5) is 0 Å². The van der Waals surface area contributed by atoms with Gasteiger partial charge in [-0.15, -0.1) is 0 Å². The first-order valence-electron chi connectivity index (χ1n) is 4.76. The Labute approximate surface area is 81.4 Å². The number of hydrogen-bond acceptors (Lipinski definition) is 1. The van der Waals surface area contributed by atoms with E-state index in [1.807, 2.05) is 0 Å². The van der Waals surface area contributed by atoms with Crippen LogP contribution in [0.5, 0.6) is 0 Å². The number of nitrogens with zero attached hydrogens (tertiary/aromatic N) is 1. The summed E-state index contributed by atoms with van der Waals surface area (Å²) in [6, 6.07) is 7.14. The molecule has 0 aromatic heterocycles. The van der Waals surface area contributed by atoms with Gasteiger partial charge in [0.2, 0.25) is 0 Å². The lowest BCUT2D eigenvalue weighted by molar-refractivity contribution is 0.320. The molecule has 0 amide bonds. The molecule has 0 aliphatic rings. The second-order valence-corrected chi connectivity index (χ2v) is 4.00.